The molecule has 0 aliphatic rings. The molecule has 4 nitrogen and oxygen atoms in total. The van der Waals surface area contributed by atoms with Gasteiger partial charge in [0, 0.05) is 11.6 Å². The molecule has 0 aliphatic carbocycles. The Morgan fingerprint density at radius 1 is 1.12 bits per heavy atom. The molecule has 2 aromatic rings. The van der Waals surface area contributed by atoms with E-state index in [1.807, 2.05) is 0 Å². The Morgan fingerprint density at radius 3 is 2.32 bits per heavy atom. The van der Waals surface area contributed by atoms with Gasteiger partial charge >= 0.3 is 0 Å². The van der Waals surface area contributed by atoms with Gasteiger partial charge in [0.25, 0.3) is 0 Å². The molecule has 1 N–H and O–H groups in total. The van der Waals surface area contributed by atoms with Crippen LogP contribution >= 0.6 is 46.4 Å². The largest absolute Gasteiger partial charge is 0.359 e. The fraction of sp³-hybridized carbons (Fsp3) is 0.250. The van der Waals surface area contributed by atoms with E-state index in [1.165, 1.54) is 18.2 Å². The second kappa shape index (κ2) is 8.44. The van der Waals surface area contributed by atoms with E-state index >= 15 is 0 Å². The first kappa shape index (κ1) is 20.8. The number of hydrogen-bond acceptors (Lipinski definition) is 3. The fourth-order valence-electron chi connectivity index (χ4n) is 2.09. The van der Waals surface area contributed by atoms with E-state index in [1.54, 1.807) is 37.3 Å². The topological polar surface area (TPSA) is 55.4 Å². The van der Waals surface area contributed by atoms with Crippen LogP contribution in [0.25, 0.3) is 0 Å². The first-order chi connectivity index (χ1) is 11.7. The first-order valence-electron chi connectivity index (χ1n) is 7.21. The van der Waals surface area contributed by atoms with Crippen LogP contribution in [0.15, 0.2) is 53.4 Å². The molecule has 0 saturated carbocycles. The second-order valence-electron chi connectivity index (χ2n) is 5.02. The number of benzene rings is 2. The van der Waals surface area contributed by atoms with Crippen molar-refractivity contribution in [3.63, 3.8) is 0 Å². The van der Waals surface area contributed by atoms with E-state index in [0.717, 1.165) is 0 Å². The number of ether oxygens (including phenoxy) is 1. The molecule has 136 valence electrons. The third-order valence-electron chi connectivity index (χ3n) is 3.27. The minimum Gasteiger partial charge on any atom is -0.359 e. The van der Waals surface area contributed by atoms with Crippen LogP contribution in [0.5, 0.6) is 0 Å². The van der Waals surface area contributed by atoms with Crippen LogP contribution in [-0.2, 0) is 19.1 Å². The van der Waals surface area contributed by atoms with Crippen molar-refractivity contribution in [1.82, 2.24) is 4.72 Å². The van der Waals surface area contributed by atoms with Crippen molar-refractivity contribution in [2.24, 2.45) is 0 Å². The van der Waals surface area contributed by atoms with Gasteiger partial charge in [-0.15, -0.1) is 0 Å². The van der Waals surface area contributed by atoms with Crippen LogP contribution in [0.4, 0.5) is 0 Å². The molecule has 0 saturated heterocycles. The van der Waals surface area contributed by atoms with Crippen molar-refractivity contribution in [1.29, 1.82) is 0 Å². The van der Waals surface area contributed by atoms with Gasteiger partial charge in [-0.2, -0.15) is 4.72 Å². The minimum atomic E-state index is -4.05. The average Bonchev–Trinajstić information content (AvgIpc) is 2.54. The molecule has 0 aromatic heterocycles. The normalized spacial score (nSPS) is 13.6. The van der Waals surface area contributed by atoms with E-state index in [4.69, 9.17) is 51.1 Å². The summed E-state index contributed by atoms with van der Waals surface area (Å²) in [4.78, 5) is -0.152. The molecule has 2 rings (SSSR count). The minimum absolute atomic E-state index is 0.0234. The highest BCUT2D eigenvalue weighted by Gasteiger charge is 2.40. The molecule has 25 heavy (non-hydrogen) atoms. The molecule has 0 unspecified atom stereocenters. The number of halogens is 4. The van der Waals surface area contributed by atoms with Gasteiger partial charge in [0.1, 0.15) is 4.90 Å². The van der Waals surface area contributed by atoms with Gasteiger partial charge in [-0.25, -0.2) is 8.42 Å². The molecule has 0 radical (unpaired) electrons. The lowest BCUT2D eigenvalue weighted by Crippen LogP contribution is -2.46. The smallest absolute Gasteiger partial charge is 0.244 e. The van der Waals surface area contributed by atoms with Crippen LogP contribution in [-0.4, -0.2) is 21.3 Å². The van der Waals surface area contributed by atoms with Gasteiger partial charge in [-0.3, -0.25) is 0 Å². The zero-order chi connectivity index (χ0) is 18.7. The zero-order valence-electron chi connectivity index (χ0n) is 13.0. The molecule has 1 atom stereocenters. The lowest BCUT2D eigenvalue weighted by Gasteiger charge is -2.30. The van der Waals surface area contributed by atoms with E-state index < -0.39 is 20.6 Å². The molecule has 9 heteroatoms. The molecular weight excluding hydrogens is 428 g/mol. The lowest BCUT2D eigenvalue weighted by molar-refractivity contribution is 0.0423. The molecular formula is C16H15Cl4NO3S. The highest BCUT2D eigenvalue weighted by molar-refractivity contribution is 7.89. The van der Waals surface area contributed by atoms with E-state index in [-0.39, 0.29) is 16.5 Å². The molecule has 0 heterocycles. The molecule has 0 bridgehead atoms. The van der Waals surface area contributed by atoms with E-state index in [0.29, 0.717) is 10.6 Å². The Labute approximate surface area is 167 Å². The van der Waals surface area contributed by atoms with Gasteiger partial charge in [-0.05, 0) is 30.7 Å². The SMILES string of the molecule is CCO[C@@H](NS(=O)(=O)c1ccc(Cl)cc1Cl)C(Cl)(Cl)c1ccccc1. The quantitative estimate of drug-likeness (QED) is 0.486. The van der Waals surface area contributed by atoms with E-state index in [9.17, 15) is 8.42 Å². The fourth-order valence-corrected chi connectivity index (χ4v) is 4.63. The standard InChI is InChI=1S/C16H15Cl4NO3S/c1-2-24-15(16(19,20)11-6-4-3-5-7-11)21-25(22,23)14-9-8-12(17)10-13(14)18/h3-10,15,21H,2H2,1H3/t15-/m1/s1. The molecule has 0 fully saturated rings. The van der Waals surface area contributed by atoms with Crippen molar-refractivity contribution in [3.05, 3.63) is 64.1 Å². The Balaban J connectivity index is 2.38. The summed E-state index contributed by atoms with van der Waals surface area (Å²) < 4.78 is 31.6. The Bertz CT molecular complexity index is 829. The van der Waals surface area contributed by atoms with Crippen molar-refractivity contribution < 1.29 is 13.2 Å². The maximum Gasteiger partial charge on any atom is 0.244 e. The maximum atomic E-state index is 12.7. The van der Waals surface area contributed by atoms with Gasteiger partial charge in [0.05, 0.1) is 5.02 Å². The van der Waals surface area contributed by atoms with Crippen LogP contribution in [0.2, 0.25) is 10.0 Å². The molecule has 0 aliphatic heterocycles. The summed E-state index contributed by atoms with van der Waals surface area (Å²) in [6, 6.07) is 12.7. The zero-order valence-corrected chi connectivity index (χ0v) is 16.9. The van der Waals surface area contributed by atoms with E-state index in [2.05, 4.69) is 4.72 Å². The predicted molar refractivity (Wildman–Crippen MR) is 102 cm³/mol. The van der Waals surface area contributed by atoms with Crippen LogP contribution < -0.4 is 4.72 Å². The van der Waals surface area contributed by atoms with Crippen molar-refractivity contribution in [3.8, 4) is 0 Å². The second-order valence-corrected chi connectivity index (χ2v) is 8.93. The summed E-state index contributed by atoms with van der Waals surface area (Å²) in [5, 5.41) is 0.295. The summed E-state index contributed by atoms with van der Waals surface area (Å²) >= 11 is 24.7. The van der Waals surface area contributed by atoms with Gasteiger partial charge in [0.2, 0.25) is 10.0 Å². The maximum absolute atomic E-state index is 12.7. The Hall–Kier alpha value is -0.530. The number of alkyl halides is 2. The lowest BCUT2D eigenvalue weighted by atomic mass is 10.1. The number of sulfonamides is 1. The Morgan fingerprint density at radius 2 is 1.76 bits per heavy atom. The van der Waals surface area contributed by atoms with Gasteiger partial charge < -0.3 is 4.74 Å². The molecule has 2 aromatic carbocycles. The highest BCUT2D eigenvalue weighted by Crippen LogP contribution is 2.39. The summed E-state index contributed by atoms with van der Waals surface area (Å²) in [6.45, 7) is 1.89. The van der Waals surface area contributed by atoms with Crippen LogP contribution in [0.1, 0.15) is 12.5 Å². The third kappa shape index (κ3) is 5.01. The number of rotatable bonds is 7. The summed E-state index contributed by atoms with van der Waals surface area (Å²) in [5.41, 5.74) is 0.488. The first-order valence-corrected chi connectivity index (χ1v) is 10.2. The third-order valence-corrected chi connectivity index (χ3v) is 6.22. The number of hydrogen-bond donors (Lipinski definition) is 1. The van der Waals surface area contributed by atoms with Crippen LogP contribution in [0.3, 0.4) is 0 Å². The monoisotopic (exact) mass is 441 g/mol. The van der Waals surface area contributed by atoms with Crippen molar-refractivity contribution in [2.75, 3.05) is 6.61 Å². The summed E-state index contributed by atoms with van der Waals surface area (Å²) in [7, 11) is -4.05. The number of nitrogens with one attached hydrogen (secondary N) is 1. The summed E-state index contributed by atoms with van der Waals surface area (Å²) in [6.07, 6.45) is -1.24. The van der Waals surface area contributed by atoms with Gasteiger partial charge in [0.15, 0.2) is 10.6 Å². The average molecular weight is 443 g/mol. The van der Waals surface area contributed by atoms with Crippen molar-refractivity contribution in [2.45, 2.75) is 22.4 Å². The molecule has 0 spiro atoms. The van der Waals surface area contributed by atoms with Gasteiger partial charge in [-0.1, -0.05) is 76.7 Å². The van der Waals surface area contributed by atoms with Crippen molar-refractivity contribution >= 4 is 56.4 Å². The predicted octanol–water partition coefficient (Wildman–Crippen LogP) is 4.96. The Kier molecular flexibility index (Phi) is 7.01. The molecule has 0 amide bonds. The van der Waals surface area contributed by atoms with Crippen LogP contribution in [0, 0.1) is 0 Å². The highest BCUT2D eigenvalue weighted by atomic mass is 35.5. The summed E-state index contributed by atoms with van der Waals surface area (Å²) in [5.74, 6) is 0.